The summed E-state index contributed by atoms with van der Waals surface area (Å²) < 4.78 is 0.543. The molecule has 0 bridgehead atoms. The average molecular weight is 359 g/mol. The van der Waals surface area contributed by atoms with Crippen LogP contribution in [0, 0.1) is 15.5 Å². The number of nitrogens with zero attached hydrogens (tertiary/aromatic N) is 1. The van der Waals surface area contributed by atoms with Gasteiger partial charge in [0, 0.05) is 28.3 Å². The Hall–Kier alpha value is -1.63. The van der Waals surface area contributed by atoms with Crippen molar-refractivity contribution in [2.75, 3.05) is 5.32 Å². The molecule has 0 heterocycles. The van der Waals surface area contributed by atoms with Crippen LogP contribution in [0.1, 0.15) is 33.6 Å². The Morgan fingerprint density at radius 3 is 2.52 bits per heavy atom. The fourth-order valence-electron chi connectivity index (χ4n) is 2.08. The number of hydrogen-bond donors (Lipinski definition) is 2. The molecule has 0 saturated heterocycles. The molecule has 0 aromatic heterocycles. The lowest BCUT2D eigenvalue weighted by atomic mass is 9.87. The zero-order valence-corrected chi connectivity index (χ0v) is 13.8. The van der Waals surface area contributed by atoms with E-state index in [1.165, 1.54) is 12.1 Å². The molecule has 0 radical (unpaired) electrons. The van der Waals surface area contributed by atoms with Crippen molar-refractivity contribution in [2.45, 2.75) is 39.7 Å². The van der Waals surface area contributed by atoms with E-state index in [1.54, 1.807) is 6.07 Å². The molecule has 1 unspecified atom stereocenters. The summed E-state index contributed by atoms with van der Waals surface area (Å²) in [6.45, 7) is 6.11. The number of nitrogens with one attached hydrogen (secondary N) is 1. The van der Waals surface area contributed by atoms with Crippen LogP contribution >= 0.6 is 15.9 Å². The van der Waals surface area contributed by atoms with Crippen LogP contribution in [0.2, 0.25) is 0 Å². The van der Waals surface area contributed by atoms with E-state index in [0.717, 1.165) is 0 Å². The summed E-state index contributed by atoms with van der Waals surface area (Å²) >= 11 is 3.28. The van der Waals surface area contributed by atoms with Gasteiger partial charge in [-0.1, -0.05) is 20.8 Å². The number of anilines is 1. The first-order valence-electron chi connectivity index (χ1n) is 6.51. The van der Waals surface area contributed by atoms with Crippen LogP contribution < -0.4 is 5.32 Å². The zero-order chi connectivity index (χ0) is 16.2. The van der Waals surface area contributed by atoms with Gasteiger partial charge in [-0.15, -0.1) is 0 Å². The third kappa shape index (κ3) is 6.12. The normalized spacial score (nSPS) is 12.8. The molecule has 0 amide bonds. The van der Waals surface area contributed by atoms with Crippen molar-refractivity contribution in [2.24, 2.45) is 5.41 Å². The van der Waals surface area contributed by atoms with Crippen LogP contribution in [0.25, 0.3) is 0 Å². The Labute approximate surface area is 131 Å². The molecular formula is C14H19BrN2O4. The Morgan fingerprint density at radius 2 is 2.10 bits per heavy atom. The van der Waals surface area contributed by atoms with Gasteiger partial charge in [-0.2, -0.15) is 0 Å². The zero-order valence-electron chi connectivity index (χ0n) is 12.2. The van der Waals surface area contributed by atoms with Crippen molar-refractivity contribution in [3.63, 3.8) is 0 Å². The fraction of sp³-hybridized carbons (Fsp3) is 0.500. The SMILES string of the molecule is CC(C)(C)CC(CC(=O)O)Nc1ccc([N+](=O)[O-])cc1Br. The van der Waals surface area contributed by atoms with Crippen LogP contribution in [-0.4, -0.2) is 22.0 Å². The summed E-state index contributed by atoms with van der Waals surface area (Å²) in [4.78, 5) is 21.2. The van der Waals surface area contributed by atoms with E-state index in [2.05, 4.69) is 21.2 Å². The van der Waals surface area contributed by atoms with Crippen molar-refractivity contribution < 1.29 is 14.8 Å². The number of nitro benzene ring substituents is 1. The highest BCUT2D eigenvalue weighted by molar-refractivity contribution is 9.10. The molecule has 1 aromatic rings. The minimum atomic E-state index is -0.880. The number of aliphatic carboxylic acids is 1. The summed E-state index contributed by atoms with van der Waals surface area (Å²) in [5, 5.41) is 22.9. The van der Waals surface area contributed by atoms with Gasteiger partial charge in [0.2, 0.25) is 0 Å². The molecule has 7 heteroatoms. The number of halogens is 1. The van der Waals surface area contributed by atoms with E-state index in [-0.39, 0.29) is 23.6 Å². The second-order valence-electron chi connectivity index (χ2n) is 6.13. The molecule has 0 aliphatic heterocycles. The van der Waals surface area contributed by atoms with Gasteiger partial charge < -0.3 is 10.4 Å². The van der Waals surface area contributed by atoms with Gasteiger partial charge in [-0.3, -0.25) is 14.9 Å². The Balaban J connectivity index is 2.92. The standard InChI is InChI=1S/C14H19BrN2O4/c1-14(2,3)8-9(6-13(18)19)16-12-5-4-10(17(20)21)7-11(12)15/h4-5,7,9,16H,6,8H2,1-3H3,(H,18,19). The Morgan fingerprint density at radius 1 is 1.48 bits per heavy atom. The minimum absolute atomic E-state index is 0.0132. The van der Waals surface area contributed by atoms with Crippen molar-refractivity contribution in [3.8, 4) is 0 Å². The molecule has 21 heavy (non-hydrogen) atoms. The molecule has 1 atom stereocenters. The lowest BCUT2D eigenvalue weighted by molar-refractivity contribution is -0.384. The second-order valence-corrected chi connectivity index (χ2v) is 6.98. The molecule has 6 nitrogen and oxygen atoms in total. The van der Waals surface area contributed by atoms with E-state index in [9.17, 15) is 14.9 Å². The van der Waals surface area contributed by atoms with Gasteiger partial charge >= 0.3 is 5.97 Å². The topological polar surface area (TPSA) is 92.5 Å². The maximum absolute atomic E-state index is 11.0. The van der Waals surface area contributed by atoms with Crippen LogP contribution in [0.5, 0.6) is 0 Å². The predicted molar refractivity (Wildman–Crippen MR) is 84.5 cm³/mol. The molecule has 0 saturated carbocycles. The number of rotatable bonds is 6. The molecule has 2 N–H and O–H groups in total. The summed E-state index contributed by atoms with van der Waals surface area (Å²) in [6.07, 6.45) is 0.656. The maximum atomic E-state index is 11.0. The number of carbonyl (C=O) groups is 1. The van der Waals surface area contributed by atoms with Gasteiger partial charge in [0.1, 0.15) is 0 Å². The highest BCUT2D eigenvalue weighted by Gasteiger charge is 2.22. The predicted octanol–water partition coefficient (Wildman–Crippen LogP) is 4.05. The number of carboxylic acids is 1. The molecule has 1 rings (SSSR count). The lowest BCUT2D eigenvalue weighted by Gasteiger charge is -2.27. The van der Waals surface area contributed by atoms with Crippen LogP contribution in [-0.2, 0) is 4.79 Å². The summed E-state index contributed by atoms with van der Waals surface area (Å²) in [5.41, 5.74) is 0.606. The van der Waals surface area contributed by atoms with Gasteiger partial charge in [0.05, 0.1) is 11.3 Å². The summed E-state index contributed by atoms with van der Waals surface area (Å²) in [5.74, 6) is -0.880. The molecular weight excluding hydrogens is 340 g/mol. The smallest absolute Gasteiger partial charge is 0.305 e. The molecule has 0 aliphatic carbocycles. The quantitative estimate of drug-likeness (QED) is 0.591. The first-order chi connectivity index (χ1) is 9.58. The van der Waals surface area contributed by atoms with Gasteiger partial charge in [0.15, 0.2) is 0 Å². The summed E-state index contributed by atoms with van der Waals surface area (Å²) in [7, 11) is 0. The highest BCUT2D eigenvalue weighted by atomic mass is 79.9. The first-order valence-corrected chi connectivity index (χ1v) is 7.30. The molecule has 1 aromatic carbocycles. The number of nitro groups is 1. The van der Waals surface area contributed by atoms with E-state index >= 15 is 0 Å². The number of benzene rings is 1. The van der Waals surface area contributed by atoms with Crippen molar-refractivity contribution >= 4 is 33.3 Å². The first kappa shape index (κ1) is 17.4. The maximum Gasteiger partial charge on any atom is 0.305 e. The van der Waals surface area contributed by atoms with Gasteiger partial charge in [-0.05, 0) is 33.8 Å². The molecule has 0 fully saturated rings. The molecule has 0 spiro atoms. The average Bonchev–Trinajstić information content (AvgIpc) is 2.28. The minimum Gasteiger partial charge on any atom is -0.481 e. The monoisotopic (exact) mass is 358 g/mol. The van der Waals surface area contributed by atoms with Crippen molar-refractivity contribution in [3.05, 3.63) is 32.8 Å². The Bertz CT molecular complexity index is 540. The largest absolute Gasteiger partial charge is 0.481 e. The van der Waals surface area contributed by atoms with E-state index in [0.29, 0.717) is 16.6 Å². The van der Waals surface area contributed by atoms with E-state index in [1.807, 2.05) is 20.8 Å². The van der Waals surface area contributed by atoms with E-state index in [4.69, 9.17) is 5.11 Å². The number of non-ortho nitro benzene ring substituents is 1. The fourth-order valence-corrected chi connectivity index (χ4v) is 2.56. The number of carboxylic acid groups (broad SMARTS) is 1. The van der Waals surface area contributed by atoms with Crippen molar-refractivity contribution in [1.82, 2.24) is 0 Å². The van der Waals surface area contributed by atoms with Gasteiger partial charge in [0.25, 0.3) is 5.69 Å². The van der Waals surface area contributed by atoms with Crippen molar-refractivity contribution in [1.29, 1.82) is 0 Å². The molecule has 0 aliphatic rings. The molecule has 116 valence electrons. The Kier molecular flexibility index (Phi) is 5.71. The highest BCUT2D eigenvalue weighted by Crippen LogP contribution is 2.30. The third-order valence-electron chi connectivity index (χ3n) is 2.80. The summed E-state index contributed by atoms with van der Waals surface area (Å²) in [6, 6.07) is 4.12. The second kappa shape index (κ2) is 6.89. The van der Waals surface area contributed by atoms with Crippen LogP contribution in [0.3, 0.4) is 0 Å². The lowest BCUT2D eigenvalue weighted by Crippen LogP contribution is -2.28. The van der Waals surface area contributed by atoms with E-state index < -0.39 is 10.9 Å². The third-order valence-corrected chi connectivity index (χ3v) is 3.46. The van der Waals surface area contributed by atoms with Gasteiger partial charge in [-0.25, -0.2) is 0 Å². The number of hydrogen-bond acceptors (Lipinski definition) is 4. The van der Waals surface area contributed by atoms with Crippen LogP contribution in [0.15, 0.2) is 22.7 Å². The van der Waals surface area contributed by atoms with Crippen LogP contribution in [0.4, 0.5) is 11.4 Å².